The number of benzene rings is 2. The minimum atomic E-state index is -0.243. The number of nitrogens with zero attached hydrogens (tertiary/aromatic N) is 1. The topological polar surface area (TPSA) is 79.0 Å². The summed E-state index contributed by atoms with van der Waals surface area (Å²) < 4.78 is 5.43. The lowest BCUT2D eigenvalue weighted by Gasteiger charge is -2.10. The summed E-state index contributed by atoms with van der Waals surface area (Å²) in [5, 5.41) is 13.8. The molecule has 0 aliphatic rings. The molecule has 150 valence electrons. The van der Waals surface area contributed by atoms with E-state index in [1.165, 1.54) is 0 Å². The van der Waals surface area contributed by atoms with Crippen molar-refractivity contribution in [3.63, 3.8) is 0 Å². The summed E-state index contributed by atoms with van der Waals surface area (Å²) in [7, 11) is 1.66. The number of carbonyl (C=O) groups is 1. The lowest BCUT2D eigenvalue weighted by molar-refractivity contribution is 0.250. The molecule has 3 N–H and O–H groups in total. The van der Waals surface area contributed by atoms with Crippen molar-refractivity contribution in [3.8, 4) is 16.9 Å². The predicted molar refractivity (Wildman–Crippen MR) is 116 cm³/mol. The van der Waals surface area contributed by atoms with E-state index in [4.69, 9.17) is 4.74 Å². The van der Waals surface area contributed by atoms with Crippen molar-refractivity contribution in [2.75, 3.05) is 19.0 Å². The highest BCUT2D eigenvalue weighted by molar-refractivity contribution is 6.00. The molecule has 0 saturated heterocycles. The zero-order chi connectivity index (χ0) is 20.5. The van der Waals surface area contributed by atoms with Crippen LogP contribution in [0.1, 0.15) is 34.1 Å². The number of aromatic amines is 1. The van der Waals surface area contributed by atoms with Crippen LogP contribution < -0.4 is 15.4 Å². The van der Waals surface area contributed by atoms with Crippen LogP contribution in [0, 0.1) is 5.92 Å². The zero-order valence-corrected chi connectivity index (χ0v) is 17.3. The van der Waals surface area contributed by atoms with E-state index < -0.39 is 0 Å². The van der Waals surface area contributed by atoms with Gasteiger partial charge >= 0.3 is 6.03 Å². The summed E-state index contributed by atoms with van der Waals surface area (Å²) in [4.78, 5) is 12.1. The molecule has 3 aromatic rings. The summed E-state index contributed by atoms with van der Waals surface area (Å²) in [5.41, 5.74) is 2.88. The second-order valence-electron chi connectivity index (χ2n) is 6.38. The predicted octanol–water partition coefficient (Wildman–Crippen LogP) is 5.43. The van der Waals surface area contributed by atoms with Crippen LogP contribution in [0.4, 0.5) is 10.6 Å². The number of hydrogen-bond acceptors (Lipinski definition) is 3. The van der Waals surface area contributed by atoms with Gasteiger partial charge in [0.05, 0.1) is 12.6 Å². The number of nitrogens with one attached hydrogen (secondary N) is 3. The number of carbonyl (C=O) groups excluding carboxylic acids is 1. The number of urea groups is 1. The maximum Gasteiger partial charge on any atom is 0.320 e. The van der Waals surface area contributed by atoms with E-state index in [9.17, 15) is 4.79 Å². The standard InChI is InChI=1S/C20H24N4O2.C2H6/c1-4-13(2)12-21-20(25)22-19-16-10-9-14(11-17(16)23-24-19)15-7-5-6-8-18(15)26-3;1-2/h5-11,13H,4,12H2,1-3H3,(H3,21,22,23,24,25);1-2H3. The molecule has 0 bridgehead atoms. The summed E-state index contributed by atoms with van der Waals surface area (Å²) in [6.07, 6.45) is 1.03. The quantitative estimate of drug-likeness (QED) is 0.532. The van der Waals surface area contributed by atoms with Gasteiger partial charge in [0, 0.05) is 17.5 Å². The average molecular weight is 383 g/mol. The fourth-order valence-corrected chi connectivity index (χ4v) is 2.73. The zero-order valence-electron chi connectivity index (χ0n) is 17.3. The van der Waals surface area contributed by atoms with Crippen LogP contribution in [-0.2, 0) is 0 Å². The van der Waals surface area contributed by atoms with Crippen molar-refractivity contribution < 1.29 is 9.53 Å². The molecule has 2 aromatic carbocycles. The van der Waals surface area contributed by atoms with E-state index in [0.29, 0.717) is 18.3 Å². The summed E-state index contributed by atoms with van der Waals surface area (Å²) in [6.45, 7) is 8.84. The maximum absolute atomic E-state index is 12.1. The van der Waals surface area contributed by atoms with Gasteiger partial charge in [-0.05, 0) is 29.7 Å². The highest BCUT2D eigenvalue weighted by atomic mass is 16.5. The first-order valence-corrected chi connectivity index (χ1v) is 9.78. The Balaban J connectivity index is 0.00000136. The molecule has 1 atom stereocenters. The van der Waals surface area contributed by atoms with Gasteiger partial charge in [-0.1, -0.05) is 58.4 Å². The van der Waals surface area contributed by atoms with Crippen molar-refractivity contribution in [2.24, 2.45) is 5.92 Å². The van der Waals surface area contributed by atoms with Gasteiger partial charge in [0.1, 0.15) is 5.75 Å². The summed E-state index contributed by atoms with van der Waals surface area (Å²) in [6, 6.07) is 13.6. The molecule has 28 heavy (non-hydrogen) atoms. The molecule has 1 unspecified atom stereocenters. The number of methoxy groups -OCH3 is 1. The van der Waals surface area contributed by atoms with Gasteiger partial charge in [-0.15, -0.1) is 0 Å². The van der Waals surface area contributed by atoms with E-state index >= 15 is 0 Å². The first-order valence-electron chi connectivity index (χ1n) is 9.78. The Bertz CT molecular complexity index is 904. The maximum atomic E-state index is 12.1. The molecule has 6 nitrogen and oxygen atoms in total. The number of amides is 2. The van der Waals surface area contributed by atoms with Crippen LogP contribution >= 0.6 is 0 Å². The van der Waals surface area contributed by atoms with E-state index in [1.54, 1.807) is 7.11 Å². The van der Waals surface area contributed by atoms with Crippen molar-refractivity contribution in [3.05, 3.63) is 42.5 Å². The molecule has 0 radical (unpaired) electrons. The second kappa shape index (κ2) is 10.3. The highest BCUT2D eigenvalue weighted by Crippen LogP contribution is 2.32. The molecule has 3 rings (SSSR count). The van der Waals surface area contributed by atoms with Crippen LogP contribution in [0.25, 0.3) is 22.0 Å². The monoisotopic (exact) mass is 382 g/mol. The number of ether oxygens (including phenoxy) is 1. The fourth-order valence-electron chi connectivity index (χ4n) is 2.73. The molecule has 0 spiro atoms. The van der Waals surface area contributed by atoms with Gasteiger partial charge in [0.25, 0.3) is 0 Å². The Hall–Kier alpha value is -3.02. The molecule has 1 heterocycles. The van der Waals surface area contributed by atoms with Crippen LogP contribution in [0.5, 0.6) is 5.75 Å². The third-order valence-corrected chi connectivity index (χ3v) is 4.52. The molecule has 1 aromatic heterocycles. The molecule has 0 aliphatic heterocycles. The minimum absolute atomic E-state index is 0.243. The van der Waals surface area contributed by atoms with Gasteiger partial charge in [-0.25, -0.2) is 4.79 Å². The number of anilines is 1. The van der Waals surface area contributed by atoms with Gasteiger partial charge in [-0.2, -0.15) is 5.10 Å². The SMILES string of the molecule is CC.CCC(C)CNC(=O)Nc1n[nH]c2cc(-c3ccccc3OC)ccc12. The summed E-state index contributed by atoms with van der Waals surface area (Å²) in [5.74, 6) is 1.78. The molecular formula is C22H30N4O2. The molecule has 0 fully saturated rings. The van der Waals surface area contributed by atoms with Crippen LogP contribution in [0.15, 0.2) is 42.5 Å². The Morgan fingerprint density at radius 2 is 1.96 bits per heavy atom. The van der Waals surface area contributed by atoms with Gasteiger partial charge in [0.2, 0.25) is 0 Å². The van der Waals surface area contributed by atoms with Gasteiger partial charge < -0.3 is 10.1 Å². The van der Waals surface area contributed by atoms with Crippen LogP contribution in [0.2, 0.25) is 0 Å². The molecule has 6 heteroatoms. The van der Waals surface area contributed by atoms with Gasteiger partial charge in [0.15, 0.2) is 5.82 Å². The largest absolute Gasteiger partial charge is 0.496 e. The first-order chi connectivity index (χ1) is 13.6. The normalized spacial score (nSPS) is 11.3. The Kier molecular flexibility index (Phi) is 7.87. The number of aromatic nitrogens is 2. The van der Waals surface area contributed by atoms with Crippen molar-refractivity contribution in [1.82, 2.24) is 15.5 Å². The van der Waals surface area contributed by atoms with Crippen molar-refractivity contribution in [2.45, 2.75) is 34.1 Å². The Morgan fingerprint density at radius 3 is 2.68 bits per heavy atom. The number of H-pyrrole nitrogens is 1. The van der Waals surface area contributed by atoms with E-state index in [2.05, 4.69) is 34.7 Å². The second-order valence-corrected chi connectivity index (χ2v) is 6.38. The number of rotatable bonds is 6. The van der Waals surface area contributed by atoms with E-state index in [0.717, 1.165) is 34.2 Å². The third-order valence-electron chi connectivity index (χ3n) is 4.52. The van der Waals surface area contributed by atoms with Crippen molar-refractivity contribution >= 4 is 22.8 Å². The van der Waals surface area contributed by atoms with E-state index in [1.807, 2.05) is 56.3 Å². The van der Waals surface area contributed by atoms with E-state index in [-0.39, 0.29) is 6.03 Å². The first kappa shape index (κ1) is 21.3. The number of para-hydroxylation sites is 1. The minimum Gasteiger partial charge on any atom is -0.496 e. The highest BCUT2D eigenvalue weighted by Gasteiger charge is 2.12. The summed E-state index contributed by atoms with van der Waals surface area (Å²) >= 11 is 0. The Morgan fingerprint density at radius 1 is 1.21 bits per heavy atom. The van der Waals surface area contributed by atoms with Crippen LogP contribution in [0.3, 0.4) is 0 Å². The molecular weight excluding hydrogens is 352 g/mol. The lowest BCUT2D eigenvalue weighted by atomic mass is 10.0. The van der Waals surface area contributed by atoms with Crippen LogP contribution in [-0.4, -0.2) is 29.9 Å². The average Bonchev–Trinajstić information content (AvgIpc) is 3.15. The smallest absolute Gasteiger partial charge is 0.320 e. The van der Waals surface area contributed by atoms with Crippen molar-refractivity contribution in [1.29, 1.82) is 0 Å². The molecule has 0 saturated carbocycles. The Labute approximate surface area is 166 Å². The molecule has 2 amide bonds. The number of fused-ring (bicyclic) bond motifs is 1. The fraction of sp³-hybridized carbons (Fsp3) is 0.364. The third kappa shape index (κ3) is 5.03. The lowest BCUT2D eigenvalue weighted by Crippen LogP contribution is -2.32. The van der Waals surface area contributed by atoms with Gasteiger partial charge in [-0.3, -0.25) is 10.4 Å². The molecule has 0 aliphatic carbocycles. The number of hydrogen-bond donors (Lipinski definition) is 3.